The van der Waals surface area contributed by atoms with Crippen molar-refractivity contribution in [2.75, 3.05) is 19.7 Å². The molecule has 6 nitrogen and oxygen atoms in total. The number of halogens is 1. The standard InChI is InChI=1S/C23H37N5O.HI/c1-6-23(7-2,13-14-29)17-26-22(24-8-3)25-16-20-11-9-10-12-21(20)28-19(5)15-18(4)27-28;/h9-12,15,29H,6-8,13-14,16-17H2,1-5H3,(H2,24,25,26);1H. The van der Waals surface area contributed by atoms with Crippen LogP contribution in [0.5, 0.6) is 0 Å². The largest absolute Gasteiger partial charge is 0.396 e. The van der Waals surface area contributed by atoms with E-state index < -0.39 is 0 Å². The van der Waals surface area contributed by atoms with Crippen LogP contribution in [0.25, 0.3) is 5.69 Å². The molecule has 1 aromatic heterocycles. The van der Waals surface area contributed by atoms with E-state index in [-0.39, 0.29) is 36.0 Å². The molecular weight excluding hydrogens is 489 g/mol. The monoisotopic (exact) mass is 527 g/mol. The number of para-hydroxylation sites is 1. The van der Waals surface area contributed by atoms with Crippen LogP contribution < -0.4 is 10.6 Å². The molecule has 0 spiro atoms. The molecule has 0 amide bonds. The van der Waals surface area contributed by atoms with E-state index in [9.17, 15) is 5.11 Å². The quantitative estimate of drug-likeness (QED) is 0.244. The van der Waals surface area contributed by atoms with Gasteiger partial charge in [-0.2, -0.15) is 5.10 Å². The predicted octanol–water partition coefficient (Wildman–Crippen LogP) is 4.35. The van der Waals surface area contributed by atoms with E-state index >= 15 is 0 Å². The van der Waals surface area contributed by atoms with Crippen LogP contribution in [0.3, 0.4) is 0 Å². The number of aryl methyl sites for hydroxylation is 2. The number of rotatable bonds is 10. The number of guanidine groups is 1. The Morgan fingerprint density at radius 2 is 1.83 bits per heavy atom. The van der Waals surface area contributed by atoms with Gasteiger partial charge in [-0.05, 0) is 63.1 Å². The summed E-state index contributed by atoms with van der Waals surface area (Å²) in [6.07, 6.45) is 2.85. The Morgan fingerprint density at radius 1 is 1.13 bits per heavy atom. The van der Waals surface area contributed by atoms with Crippen LogP contribution in [0.4, 0.5) is 0 Å². The zero-order chi connectivity index (χ0) is 21.3. The molecule has 0 aliphatic heterocycles. The molecule has 30 heavy (non-hydrogen) atoms. The van der Waals surface area contributed by atoms with Crippen molar-refractivity contribution in [1.82, 2.24) is 20.4 Å². The summed E-state index contributed by atoms with van der Waals surface area (Å²) < 4.78 is 1.99. The van der Waals surface area contributed by atoms with Crippen LogP contribution in [-0.2, 0) is 6.54 Å². The molecule has 0 saturated carbocycles. The lowest BCUT2D eigenvalue weighted by atomic mass is 9.79. The van der Waals surface area contributed by atoms with Crippen LogP contribution in [-0.4, -0.2) is 40.5 Å². The van der Waals surface area contributed by atoms with Gasteiger partial charge in [0.1, 0.15) is 0 Å². The zero-order valence-corrected chi connectivity index (χ0v) is 21.4. The Kier molecular flexibility index (Phi) is 11.4. The van der Waals surface area contributed by atoms with Crippen molar-refractivity contribution < 1.29 is 5.11 Å². The van der Waals surface area contributed by atoms with E-state index in [4.69, 9.17) is 4.99 Å². The smallest absolute Gasteiger partial charge is 0.191 e. The summed E-state index contributed by atoms with van der Waals surface area (Å²) in [5.74, 6) is 0.805. The molecule has 0 aliphatic rings. The van der Waals surface area contributed by atoms with Gasteiger partial charge in [0.25, 0.3) is 0 Å². The number of nitrogens with zero attached hydrogens (tertiary/aromatic N) is 3. The van der Waals surface area contributed by atoms with E-state index in [1.54, 1.807) is 0 Å². The zero-order valence-electron chi connectivity index (χ0n) is 19.0. The van der Waals surface area contributed by atoms with E-state index in [0.29, 0.717) is 6.54 Å². The molecular formula is C23H38IN5O. The fourth-order valence-electron chi connectivity index (χ4n) is 3.68. The highest BCUT2D eigenvalue weighted by atomic mass is 127. The molecule has 0 bridgehead atoms. The van der Waals surface area contributed by atoms with E-state index in [1.807, 2.05) is 23.7 Å². The average Bonchev–Trinajstić information content (AvgIpc) is 3.07. The third-order valence-corrected chi connectivity index (χ3v) is 5.75. The van der Waals surface area contributed by atoms with Gasteiger partial charge in [0.05, 0.1) is 17.9 Å². The summed E-state index contributed by atoms with van der Waals surface area (Å²) in [6.45, 7) is 12.9. The number of aliphatic hydroxyl groups is 1. The highest BCUT2D eigenvalue weighted by Gasteiger charge is 2.25. The van der Waals surface area contributed by atoms with Gasteiger partial charge in [0.2, 0.25) is 0 Å². The van der Waals surface area contributed by atoms with Gasteiger partial charge in [-0.1, -0.05) is 32.0 Å². The first-order valence-electron chi connectivity index (χ1n) is 10.7. The van der Waals surface area contributed by atoms with E-state index in [0.717, 1.165) is 61.0 Å². The molecule has 168 valence electrons. The Hall–Kier alpha value is -1.61. The predicted molar refractivity (Wildman–Crippen MR) is 136 cm³/mol. The second kappa shape index (κ2) is 12.9. The SMILES string of the molecule is CCNC(=NCc1ccccc1-n1nc(C)cc1C)NCC(CC)(CC)CCO.I. The molecule has 0 radical (unpaired) electrons. The number of nitrogens with one attached hydrogen (secondary N) is 2. The Morgan fingerprint density at radius 3 is 2.40 bits per heavy atom. The molecule has 1 aromatic carbocycles. The Balaban J connectivity index is 0.00000450. The first-order chi connectivity index (χ1) is 14.0. The first-order valence-corrected chi connectivity index (χ1v) is 10.7. The van der Waals surface area contributed by atoms with Gasteiger partial charge in [-0.3, -0.25) is 0 Å². The molecule has 1 heterocycles. The maximum absolute atomic E-state index is 9.47. The summed E-state index contributed by atoms with van der Waals surface area (Å²) in [6, 6.07) is 10.4. The van der Waals surface area contributed by atoms with Crippen LogP contribution in [0.2, 0.25) is 0 Å². The average molecular weight is 527 g/mol. The van der Waals surface area contributed by atoms with Crippen molar-refractivity contribution >= 4 is 29.9 Å². The van der Waals surface area contributed by atoms with Gasteiger partial charge >= 0.3 is 0 Å². The van der Waals surface area contributed by atoms with Crippen molar-refractivity contribution in [3.63, 3.8) is 0 Å². The maximum Gasteiger partial charge on any atom is 0.191 e. The second-order valence-corrected chi connectivity index (χ2v) is 7.70. The third-order valence-electron chi connectivity index (χ3n) is 5.75. The highest BCUT2D eigenvalue weighted by Crippen LogP contribution is 2.29. The van der Waals surface area contributed by atoms with Crippen molar-refractivity contribution in [3.8, 4) is 5.69 Å². The van der Waals surface area contributed by atoms with Crippen LogP contribution in [0, 0.1) is 19.3 Å². The molecule has 0 aliphatic carbocycles. The number of hydrogen-bond donors (Lipinski definition) is 3. The lowest BCUT2D eigenvalue weighted by molar-refractivity contribution is 0.169. The van der Waals surface area contributed by atoms with Gasteiger partial charge in [-0.15, -0.1) is 24.0 Å². The number of hydrogen-bond acceptors (Lipinski definition) is 3. The topological polar surface area (TPSA) is 74.5 Å². The molecule has 3 N–H and O–H groups in total. The number of aromatic nitrogens is 2. The molecule has 0 saturated heterocycles. The number of benzene rings is 1. The molecule has 0 unspecified atom stereocenters. The Labute approximate surface area is 198 Å². The van der Waals surface area contributed by atoms with Gasteiger partial charge in [0, 0.05) is 25.4 Å². The van der Waals surface area contributed by atoms with Gasteiger partial charge in [-0.25, -0.2) is 9.67 Å². The number of aliphatic imine (C=N–C) groups is 1. The van der Waals surface area contributed by atoms with Crippen LogP contribution in [0.1, 0.15) is 57.0 Å². The molecule has 2 rings (SSSR count). The van der Waals surface area contributed by atoms with Crippen molar-refractivity contribution in [3.05, 3.63) is 47.3 Å². The minimum atomic E-state index is 0. The normalized spacial score (nSPS) is 11.9. The van der Waals surface area contributed by atoms with Crippen LogP contribution >= 0.6 is 24.0 Å². The third kappa shape index (κ3) is 6.97. The van der Waals surface area contributed by atoms with Crippen molar-refractivity contribution in [2.24, 2.45) is 10.4 Å². The lowest BCUT2D eigenvalue weighted by Crippen LogP contribution is -2.43. The van der Waals surface area contributed by atoms with E-state index in [1.165, 1.54) is 0 Å². The maximum atomic E-state index is 9.47. The summed E-state index contributed by atoms with van der Waals surface area (Å²) in [5.41, 5.74) is 4.41. The fourth-order valence-corrected chi connectivity index (χ4v) is 3.68. The molecule has 0 fully saturated rings. The summed E-state index contributed by atoms with van der Waals surface area (Å²) in [5, 5.41) is 20.9. The fraction of sp³-hybridized carbons (Fsp3) is 0.565. The summed E-state index contributed by atoms with van der Waals surface area (Å²) >= 11 is 0. The van der Waals surface area contributed by atoms with Crippen molar-refractivity contribution in [2.45, 2.75) is 60.4 Å². The van der Waals surface area contributed by atoms with Crippen LogP contribution in [0.15, 0.2) is 35.3 Å². The molecule has 2 aromatic rings. The lowest BCUT2D eigenvalue weighted by Gasteiger charge is -2.32. The first kappa shape index (κ1) is 26.4. The number of aliphatic hydroxyl groups excluding tert-OH is 1. The second-order valence-electron chi connectivity index (χ2n) is 7.70. The molecule has 7 heteroatoms. The van der Waals surface area contributed by atoms with Gasteiger partial charge < -0.3 is 15.7 Å². The Bertz CT molecular complexity index is 799. The molecule has 0 atom stereocenters. The summed E-state index contributed by atoms with van der Waals surface area (Å²) in [4.78, 5) is 4.83. The highest BCUT2D eigenvalue weighted by molar-refractivity contribution is 14.0. The van der Waals surface area contributed by atoms with Gasteiger partial charge in [0.15, 0.2) is 5.96 Å². The van der Waals surface area contributed by atoms with Crippen molar-refractivity contribution in [1.29, 1.82) is 0 Å². The summed E-state index contributed by atoms with van der Waals surface area (Å²) in [7, 11) is 0. The minimum Gasteiger partial charge on any atom is -0.396 e. The minimum absolute atomic E-state index is 0. The van der Waals surface area contributed by atoms with E-state index in [2.05, 4.69) is 61.6 Å².